The number of para-hydroxylation sites is 1. The lowest BCUT2D eigenvalue weighted by Gasteiger charge is -2.17. The van der Waals surface area contributed by atoms with E-state index in [-0.39, 0.29) is 5.92 Å². The largest absolute Gasteiger partial charge is 0.493 e. The van der Waals surface area contributed by atoms with Crippen LogP contribution in [-0.2, 0) is 6.42 Å². The van der Waals surface area contributed by atoms with Crippen molar-refractivity contribution in [3.8, 4) is 11.5 Å². The zero-order chi connectivity index (χ0) is 17.8. The molecule has 4 nitrogen and oxygen atoms in total. The number of aryl methyl sites for hydroxylation is 1. The smallest absolute Gasteiger partial charge is 0.161 e. The summed E-state index contributed by atoms with van der Waals surface area (Å²) in [4.78, 5) is 3.48. The molecule has 3 aromatic rings. The van der Waals surface area contributed by atoms with Crippen LogP contribution in [0.15, 0.2) is 42.5 Å². The van der Waals surface area contributed by atoms with E-state index in [0.717, 1.165) is 23.4 Å². The zero-order valence-electron chi connectivity index (χ0n) is 15.1. The molecule has 0 saturated carbocycles. The first-order valence-corrected chi connectivity index (χ1v) is 8.74. The molecule has 0 aliphatic rings. The summed E-state index contributed by atoms with van der Waals surface area (Å²) >= 11 is 0. The van der Waals surface area contributed by atoms with Crippen LogP contribution in [0.25, 0.3) is 10.9 Å². The first kappa shape index (κ1) is 17.4. The van der Waals surface area contributed by atoms with Crippen LogP contribution in [0.4, 0.5) is 0 Å². The summed E-state index contributed by atoms with van der Waals surface area (Å²) in [5, 5.41) is 1.26. The first-order valence-electron chi connectivity index (χ1n) is 8.74. The molecule has 0 spiro atoms. The molecule has 0 radical (unpaired) electrons. The summed E-state index contributed by atoms with van der Waals surface area (Å²) in [6.07, 6.45) is 0.863. The number of methoxy groups -OCH3 is 1. The van der Waals surface area contributed by atoms with Crippen molar-refractivity contribution < 1.29 is 9.47 Å². The Morgan fingerprint density at radius 1 is 1.12 bits per heavy atom. The highest BCUT2D eigenvalue weighted by atomic mass is 16.5. The highest BCUT2D eigenvalue weighted by Crippen LogP contribution is 2.33. The molecular formula is C21H26N2O2. The second kappa shape index (κ2) is 7.62. The maximum atomic E-state index is 6.15. The molecule has 1 unspecified atom stereocenters. The average molecular weight is 338 g/mol. The summed E-state index contributed by atoms with van der Waals surface area (Å²) in [6, 6.07) is 14.5. The number of aromatic amines is 1. The lowest BCUT2D eigenvalue weighted by atomic mass is 9.90. The maximum absolute atomic E-state index is 6.15. The van der Waals surface area contributed by atoms with Crippen LogP contribution in [0.3, 0.4) is 0 Å². The van der Waals surface area contributed by atoms with Gasteiger partial charge in [0.1, 0.15) is 0 Å². The molecule has 1 aromatic heterocycles. The molecule has 25 heavy (non-hydrogen) atoms. The van der Waals surface area contributed by atoms with E-state index in [1.54, 1.807) is 7.11 Å². The third kappa shape index (κ3) is 3.49. The van der Waals surface area contributed by atoms with Crippen LogP contribution in [-0.4, -0.2) is 25.2 Å². The van der Waals surface area contributed by atoms with E-state index < -0.39 is 0 Å². The Morgan fingerprint density at radius 3 is 2.64 bits per heavy atom. The predicted octanol–water partition coefficient (Wildman–Crippen LogP) is 4.17. The highest BCUT2D eigenvalue weighted by molar-refractivity contribution is 5.85. The van der Waals surface area contributed by atoms with E-state index >= 15 is 0 Å². The van der Waals surface area contributed by atoms with Crippen LogP contribution < -0.4 is 15.2 Å². The summed E-state index contributed by atoms with van der Waals surface area (Å²) in [6.45, 7) is 5.31. The number of benzene rings is 2. The Hall–Kier alpha value is -2.46. The minimum Gasteiger partial charge on any atom is -0.493 e. The number of hydrogen-bond donors (Lipinski definition) is 2. The van der Waals surface area contributed by atoms with Crippen LogP contribution in [0.2, 0.25) is 0 Å². The van der Waals surface area contributed by atoms with Gasteiger partial charge in [-0.3, -0.25) is 0 Å². The van der Waals surface area contributed by atoms with Gasteiger partial charge in [0, 0.05) is 22.5 Å². The quantitative estimate of drug-likeness (QED) is 0.680. The zero-order valence-corrected chi connectivity index (χ0v) is 15.1. The van der Waals surface area contributed by atoms with Crippen molar-refractivity contribution >= 4 is 10.9 Å². The van der Waals surface area contributed by atoms with Gasteiger partial charge < -0.3 is 20.2 Å². The summed E-state index contributed by atoms with van der Waals surface area (Å²) in [5.41, 5.74) is 11.0. The number of aromatic nitrogens is 1. The summed E-state index contributed by atoms with van der Waals surface area (Å²) < 4.78 is 11.1. The number of nitrogens with two attached hydrogens (primary N) is 1. The van der Waals surface area contributed by atoms with Crippen molar-refractivity contribution in [2.24, 2.45) is 5.73 Å². The predicted molar refractivity (Wildman–Crippen MR) is 103 cm³/mol. The molecule has 0 fully saturated rings. The number of ether oxygens (including phenoxy) is 2. The molecule has 2 aromatic carbocycles. The van der Waals surface area contributed by atoms with Gasteiger partial charge in [-0.2, -0.15) is 0 Å². The van der Waals surface area contributed by atoms with E-state index in [0.29, 0.717) is 13.2 Å². The van der Waals surface area contributed by atoms with Gasteiger partial charge >= 0.3 is 0 Å². The molecule has 3 N–H and O–H groups in total. The topological polar surface area (TPSA) is 60.3 Å². The van der Waals surface area contributed by atoms with Crippen LogP contribution in [0, 0.1) is 6.92 Å². The van der Waals surface area contributed by atoms with Crippen molar-refractivity contribution in [1.82, 2.24) is 4.98 Å². The third-order valence-corrected chi connectivity index (χ3v) is 4.65. The second-order valence-corrected chi connectivity index (χ2v) is 6.26. The molecule has 0 aliphatic heterocycles. The minimum absolute atomic E-state index is 0.249. The van der Waals surface area contributed by atoms with Crippen molar-refractivity contribution in [3.63, 3.8) is 0 Å². The van der Waals surface area contributed by atoms with Gasteiger partial charge in [-0.25, -0.2) is 0 Å². The SMILES string of the molecule is CCOc1ccc(CC(CN)c2c(C)[nH]c3ccccc23)cc1OC. The second-order valence-electron chi connectivity index (χ2n) is 6.26. The Bertz CT molecular complexity index is 854. The van der Waals surface area contributed by atoms with Gasteiger partial charge in [-0.05, 0) is 56.1 Å². The van der Waals surface area contributed by atoms with Gasteiger partial charge in [0.25, 0.3) is 0 Å². The normalized spacial score (nSPS) is 12.3. The number of H-pyrrole nitrogens is 1. The molecule has 1 atom stereocenters. The molecule has 0 saturated heterocycles. The first-order chi connectivity index (χ1) is 12.2. The average Bonchev–Trinajstić information content (AvgIpc) is 2.96. The molecule has 132 valence electrons. The fourth-order valence-corrected chi connectivity index (χ4v) is 3.53. The van der Waals surface area contributed by atoms with E-state index in [2.05, 4.69) is 48.3 Å². The van der Waals surface area contributed by atoms with Gasteiger partial charge in [0.05, 0.1) is 13.7 Å². The highest BCUT2D eigenvalue weighted by Gasteiger charge is 2.19. The van der Waals surface area contributed by atoms with Gasteiger partial charge in [-0.15, -0.1) is 0 Å². The van der Waals surface area contributed by atoms with Crippen LogP contribution in [0.5, 0.6) is 11.5 Å². The summed E-state index contributed by atoms with van der Waals surface area (Å²) in [5.74, 6) is 1.80. The van der Waals surface area contributed by atoms with Gasteiger partial charge in [-0.1, -0.05) is 24.3 Å². The van der Waals surface area contributed by atoms with E-state index in [1.165, 1.54) is 22.2 Å². The number of fused-ring (bicyclic) bond motifs is 1. The molecular weight excluding hydrogens is 312 g/mol. The van der Waals surface area contributed by atoms with Crippen molar-refractivity contribution in [3.05, 3.63) is 59.3 Å². The van der Waals surface area contributed by atoms with Gasteiger partial charge in [0.15, 0.2) is 11.5 Å². The lowest BCUT2D eigenvalue weighted by Crippen LogP contribution is -2.16. The lowest BCUT2D eigenvalue weighted by molar-refractivity contribution is 0.310. The molecule has 1 heterocycles. The molecule has 0 aliphatic carbocycles. The standard InChI is InChI=1S/C21H26N2O2/c1-4-25-19-10-9-15(12-20(19)24-3)11-16(13-22)21-14(2)23-18-8-6-5-7-17(18)21/h5-10,12,16,23H,4,11,13,22H2,1-3H3. The Kier molecular flexibility index (Phi) is 5.29. The minimum atomic E-state index is 0.249. The fraction of sp³-hybridized carbons (Fsp3) is 0.333. The fourth-order valence-electron chi connectivity index (χ4n) is 3.53. The number of rotatable bonds is 7. The Morgan fingerprint density at radius 2 is 1.92 bits per heavy atom. The molecule has 0 amide bonds. The van der Waals surface area contributed by atoms with Crippen molar-refractivity contribution in [2.75, 3.05) is 20.3 Å². The Balaban J connectivity index is 1.93. The molecule has 0 bridgehead atoms. The van der Waals surface area contributed by atoms with Gasteiger partial charge in [0.2, 0.25) is 0 Å². The van der Waals surface area contributed by atoms with Crippen LogP contribution in [0.1, 0.15) is 29.7 Å². The third-order valence-electron chi connectivity index (χ3n) is 4.65. The number of hydrogen-bond acceptors (Lipinski definition) is 3. The maximum Gasteiger partial charge on any atom is 0.161 e. The molecule has 3 rings (SSSR count). The summed E-state index contributed by atoms with van der Waals surface area (Å²) in [7, 11) is 1.67. The number of nitrogens with one attached hydrogen (secondary N) is 1. The van der Waals surface area contributed by atoms with E-state index in [1.807, 2.05) is 13.0 Å². The van der Waals surface area contributed by atoms with Crippen molar-refractivity contribution in [2.45, 2.75) is 26.2 Å². The monoisotopic (exact) mass is 338 g/mol. The Labute approximate surface area is 149 Å². The van der Waals surface area contributed by atoms with E-state index in [4.69, 9.17) is 15.2 Å². The molecule has 4 heteroatoms. The van der Waals surface area contributed by atoms with E-state index in [9.17, 15) is 0 Å². The van der Waals surface area contributed by atoms with Crippen LogP contribution >= 0.6 is 0 Å². The van der Waals surface area contributed by atoms with Crippen molar-refractivity contribution in [1.29, 1.82) is 0 Å².